The van der Waals surface area contributed by atoms with Gasteiger partial charge in [0.15, 0.2) is 23.1 Å². The van der Waals surface area contributed by atoms with Gasteiger partial charge < -0.3 is 35.2 Å². The van der Waals surface area contributed by atoms with E-state index in [0.29, 0.717) is 23.9 Å². The largest absolute Gasteiger partial charge is 0.573 e. The molecule has 0 saturated heterocycles. The van der Waals surface area contributed by atoms with Gasteiger partial charge in [0, 0.05) is 36.3 Å². The van der Waals surface area contributed by atoms with E-state index in [2.05, 4.69) is 47.7 Å². The van der Waals surface area contributed by atoms with E-state index >= 15 is 0 Å². The van der Waals surface area contributed by atoms with Crippen LogP contribution in [-0.2, 0) is 0 Å². The Kier molecular flexibility index (Phi) is 10.4. The number of aromatic nitrogens is 6. The van der Waals surface area contributed by atoms with Crippen LogP contribution in [0.3, 0.4) is 0 Å². The molecule has 0 spiro atoms. The van der Waals surface area contributed by atoms with Crippen molar-refractivity contribution in [3.63, 3.8) is 0 Å². The zero-order chi connectivity index (χ0) is 41.6. The second-order valence-electron chi connectivity index (χ2n) is 14.4. The third kappa shape index (κ3) is 7.86. The van der Waals surface area contributed by atoms with Gasteiger partial charge in [0.05, 0.1) is 58.2 Å². The number of aliphatic hydroxyl groups excluding tert-OH is 1. The first-order valence-corrected chi connectivity index (χ1v) is 18.9. The molecule has 8 rings (SSSR count). The molecule has 2 aliphatic rings. The predicted octanol–water partition coefficient (Wildman–Crippen LogP) is 7.48. The van der Waals surface area contributed by atoms with Crippen LogP contribution in [0, 0.1) is 40.3 Å². The summed E-state index contributed by atoms with van der Waals surface area (Å²) in [6.45, 7) is 0. The van der Waals surface area contributed by atoms with Crippen LogP contribution in [0.4, 0.5) is 40.6 Å². The first-order valence-electron chi connectivity index (χ1n) is 18.5. The lowest BCUT2D eigenvalue weighted by molar-refractivity contribution is -0.275. The van der Waals surface area contributed by atoms with E-state index in [-0.39, 0.29) is 70.2 Å². The lowest BCUT2D eigenvalue weighted by Gasteiger charge is -2.33. The van der Waals surface area contributed by atoms with Crippen LogP contribution in [0.25, 0.3) is 21.8 Å². The molecule has 59 heavy (non-hydrogen) atoms. The molecule has 0 amide bonds. The summed E-state index contributed by atoms with van der Waals surface area (Å²) >= 11 is 5.84. The number of alkyl halides is 3. The highest BCUT2D eigenvalue weighted by Crippen LogP contribution is 2.42. The van der Waals surface area contributed by atoms with Crippen LogP contribution in [0.15, 0.2) is 70.5 Å². The normalized spacial score (nSPS) is 22.1. The minimum Gasteiger partial charge on any atom is -0.486 e. The maximum Gasteiger partial charge on any atom is 0.573 e. The number of pyridine rings is 2. The SMILES string of the molecule is N#CC1CC(O)CCC1n1nc(Nc2ccc(OC(F)(F)F)c(OC3CCC(n4nc(Nc5ccc(Cl)c(F)c5)c5c(=O)[nH]ccc54)C(C#N)C3)c2)c2c(=O)[nH]ccc21. The number of H-pyrrole nitrogens is 2. The van der Waals surface area contributed by atoms with Gasteiger partial charge in [0.2, 0.25) is 0 Å². The van der Waals surface area contributed by atoms with E-state index < -0.39 is 65.2 Å². The Bertz CT molecular complexity index is 2770. The summed E-state index contributed by atoms with van der Waals surface area (Å²) in [5, 5.41) is 45.9. The van der Waals surface area contributed by atoms with Crippen LogP contribution >= 0.6 is 11.6 Å². The van der Waals surface area contributed by atoms with Crippen molar-refractivity contribution in [3.8, 4) is 23.6 Å². The van der Waals surface area contributed by atoms with E-state index in [9.17, 15) is 42.8 Å². The summed E-state index contributed by atoms with van der Waals surface area (Å²) in [4.78, 5) is 31.3. The Labute approximate surface area is 335 Å². The number of benzene rings is 2. The average Bonchev–Trinajstić information content (AvgIpc) is 3.76. The summed E-state index contributed by atoms with van der Waals surface area (Å²) < 4.78 is 68.8. The standard InChI is InChI=1S/C39H33ClF4N10O5/c40-25-5-1-21(15-26(25)41)49-35-33-30(10-12-47-37(33)56)54(51-35)28-7-4-24(14-20(28)18-46)58-32-16-22(2-8-31(32)59-39(42,43)44)50-36-34-29(9-11-48-38(34)57)53(52-36)27-6-3-23(55)13-19(27)17-45/h1-2,5,8-12,15-16,19-20,23-24,27-28,55H,3-4,6-7,13-14H2,(H,47,56)(H,48,57)(H,49,51)(H,50,52). The topological polar surface area (TPSA) is 212 Å². The molecule has 304 valence electrons. The number of fused-ring (bicyclic) bond motifs is 2. The van der Waals surface area contributed by atoms with Crippen molar-refractivity contribution in [2.45, 2.75) is 69.2 Å². The number of aromatic amines is 2. The lowest BCUT2D eigenvalue weighted by Crippen LogP contribution is -2.33. The van der Waals surface area contributed by atoms with Crippen LogP contribution < -0.4 is 31.2 Å². The zero-order valence-electron chi connectivity index (χ0n) is 30.6. The first kappa shape index (κ1) is 39.3. The summed E-state index contributed by atoms with van der Waals surface area (Å²) in [5.41, 5.74) is 0.306. The van der Waals surface area contributed by atoms with Crippen LogP contribution in [0.2, 0.25) is 5.02 Å². The smallest absolute Gasteiger partial charge is 0.486 e. The van der Waals surface area contributed by atoms with Gasteiger partial charge in [-0.2, -0.15) is 20.7 Å². The number of nitrogens with one attached hydrogen (secondary N) is 4. The van der Waals surface area contributed by atoms with Crippen LogP contribution in [0.1, 0.15) is 50.6 Å². The number of nitriles is 2. The van der Waals surface area contributed by atoms with Gasteiger partial charge in [-0.05, 0) is 74.6 Å². The lowest BCUT2D eigenvalue weighted by atomic mass is 9.83. The van der Waals surface area contributed by atoms with Gasteiger partial charge in [-0.25, -0.2) is 4.39 Å². The maximum absolute atomic E-state index is 14.2. The summed E-state index contributed by atoms with van der Waals surface area (Å²) in [6, 6.07) is 14.3. The Morgan fingerprint density at radius 2 is 1.36 bits per heavy atom. The zero-order valence-corrected chi connectivity index (χ0v) is 31.4. The molecule has 4 aromatic heterocycles. The minimum atomic E-state index is -5.07. The molecule has 2 aliphatic carbocycles. The second kappa shape index (κ2) is 15.6. The number of halogens is 5. The van der Waals surface area contributed by atoms with Crippen molar-refractivity contribution in [1.29, 1.82) is 10.5 Å². The number of ether oxygens (including phenoxy) is 2. The van der Waals surface area contributed by atoms with Crippen molar-refractivity contribution in [1.82, 2.24) is 29.5 Å². The highest BCUT2D eigenvalue weighted by atomic mass is 35.5. The molecule has 6 atom stereocenters. The van der Waals surface area contributed by atoms with E-state index in [4.69, 9.17) is 16.3 Å². The molecule has 2 aromatic carbocycles. The number of nitrogens with zero attached hydrogens (tertiary/aromatic N) is 6. The van der Waals surface area contributed by atoms with Crippen molar-refractivity contribution >= 4 is 56.4 Å². The monoisotopic (exact) mass is 832 g/mol. The van der Waals surface area contributed by atoms with Gasteiger partial charge in [-0.1, -0.05) is 11.6 Å². The van der Waals surface area contributed by atoms with Crippen LogP contribution in [0.5, 0.6) is 11.5 Å². The van der Waals surface area contributed by atoms with Crippen molar-refractivity contribution in [3.05, 3.63) is 92.5 Å². The molecule has 0 bridgehead atoms. The first-order chi connectivity index (χ1) is 28.3. The molecular weight excluding hydrogens is 800 g/mol. The minimum absolute atomic E-state index is 0.0561. The predicted molar refractivity (Wildman–Crippen MR) is 206 cm³/mol. The maximum atomic E-state index is 14.2. The quantitative estimate of drug-likeness (QED) is 0.0902. The van der Waals surface area contributed by atoms with Crippen molar-refractivity contribution < 1.29 is 32.1 Å². The molecule has 0 aliphatic heterocycles. The number of aliphatic hydroxyl groups is 1. The molecule has 4 heterocycles. The fourth-order valence-corrected chi connectivity index (χ4v) is 8.13. The molecule has 2 saturated carbocycles. The number of hydrogen-bond donors (Lipinski definition) is 5. The molecule has 20 heteroatoms. The van der Waals surface area contributed by atoms with Gasteiger partial charge in [0.1, 0.15) is 22.7 Å². The van der Waals surface area contributed by atoms with E-state index in [1.807, 2.05) is 0 Å². The van der Waals surface area contributed by atoms with E-state index in [0.717, 1.165) is 12.1 Å². The Morgan fingerprint density at radius 1 is 0.797 bits per heavy atom. The van der Waals surface area contributed by atoms with Gasteiger partial charge in [-0.3, -0.25) is 19.0 Å². The number of hydrogen-bond acceptors (Lipinski definition) is 11. The molecule has 6 aromatic rings. The van der Waals surface area contributed by atoms with E-state index in [1.54, 1.807) is 21.5 Å². The number of anilines is 4. The third-order valence-corrected chi connectivity index (χ3v) is 11.0. The molecule has 6 unspecified atom stereocenters. The highest BCUT2D eigenvalue weighted by Gasteiger charge is 2.38. The van der Waals surface area contributed by atoms with Crippen LogP contribution in [-0.4, -0.2) is 53.2 Å². The molecule has 5 N–H and O–H groups in total. The van der Waals surface area contributed by atoms with Crippen molar-refractivity contribution in [2.75, 3.05) is 10.6 Å². The molecule has 15 nitrogen and oxygen atoms in total. The van der Waals surface area contributed by atoms with Gasteiger partial charge in [0.25, 0.3) is 11.1 Å². The summed E-state index contributed by atoms with van der Waals surface area (Å²) in [6.07, 6.45) is -1.96. The van der Waals surface area contributed by atoms with Gasteiger partial charge >= 0.3 is 6.36 Å². The van der Waals surface area contributed by atoms with Crippen molar-refractivity contribution in [2.24, 2.45) is 11.8 Å². The van der Waals surface area contributed by atoms with Gasteiger partial charge in [-0.15, -0.1) is 13.2 Å². The molecule has 2 fully saturated rings. The second-order valence-corrected chi connectivity index (χ2v) is 14.8. The fraction of sp³-hybridized carbons (Fsp3) is 0.333. The Morgan fingerprint density at radius 3 is 1.93 bits per heavy atom. The summed E-state index contributed by atoms with van der Waals surface area (Å²) in [7, 11) is 0. The number of rotatable bonds is 9. The average molecular weight is 833 g/mol. The fourth-order valence-electron chi connectivity index (χ4n) is 8.01. The third-order valence-electron chi connectivity index (χ3n) is 10.7. The highest BCUT2D eigenvalue weighted by molar-refractivity contribution is 6.30. The molecule has 0 radical (unpaired) electrons. The van der Waals surface area contributed by atoms with E-state index in [1.165, 1.54) is 36.7 Å². The molecular formula is C39H33ClF4N10O5. The Balaban J connectivity index is 1.07. The summed E-state index contributed by atoms with van der Waals surface area (Å²) in [5.74, 6) is -2.82. The Hall–Kier alpha value is -6.57.